The monoisotopic (exact) mass is 414 g/mol. The van der Waals surface area contributed by atoms with Crippen LogP contribution >= 0.6 is 0 Å². The molecule has 0 bridgehead atoms. The van der Waals surface area contributed by atoms with Crippen molar-refractivity contribution in [3.05, 3.63) is 78.0 Å². The lowest BCUT2D eigenvalue weighted by molar-refractivity contribution is -0.124. The lowest BCUT2D eigenvalue weighted by Gasteiger charge is -2.16. The number of H-pyrrole nitrogens is 1. The third kappa shape index (κ3) is 4.45. The Hall–Kier alpha value is -4.00. The quantitative estimate of drug-likeness (QED) is 0.453. The fraction of sp³-hybridized carbons (Fsp3) is 0.167. The van der Waals surface area contributed by atoms with Crippen molar-refractivity contribution in [3.8, 4) is 11.4 Å². The molecule has 31 heavy (non-hydrogen) atoms. The third-order valence-electron chi connectivity index (χ3n) is 4.93. The van der Waals surface area contributed by atoms with Gasteiger partial charge in [0.2, 0.25) is 0 Å². The summed E-state index contributed by atoms with van der Waals surface area (Å²) in [4.78, 5) is 37.2. The molecule has 1 atom stereocenters. The summed E-state index contributed by atoms with van der Waals surface area (Å²) in [6, 6.07) is 18.5. The van der Waals surface area contributed by atoms with Gasteiger partial charge in [-0.15, -0.1) is 0 Å². The zero-order valence-corrected chi connectivity index (χ0v) is 17.3. The summed E-state index contributed by atoms with van der Waals surface area (Å²) < 4.78 is 5.49. The van der Waals surface area contributed by atoms with E-state index in [1.807, 2.05) is 43.3 Å². The van der Waals surface area contributed by atoms with Crippen molar-refractivity contribution in [1.82, 2.24) is 15.0 Å². The number of benzene rings is 2. The van der Waals surface area contributed by atoms with Gasteiger partial charge < -0.3 is 15.0 Å². The second-order valence-corrected chi connectivity index (χ2v) is 7.14. The van der Waals surface area contributed by atoms with Crippen LogP contribution in [0.2, 0.25) is 0 Å². The fourth-order valence-electron chi connectivity index (χ4n) is 3.20. The van der Waals surface area contributed by atoms with Gasteiger partial charge in [-0.2, -0.15) is 0 Å². The van der Waals surface area contributed by atoms with Crippen LogP contribution in [0.15, 0.2) is 66.9 Å². The van der Waals surface area contributed by atoms with E-state index in [1.54, 1.807) is 37.4 Å². The Kier molecular flexibility index (Phi) is 5.75. The number of esters is 1. The molecule has 2 heterocycles. The van der Waals surface area contributed by atoms with Crippen molar-refractivity contribution >= 4 is 28.7 Å². The van der Waals surface area contributed by atoms with Gasteiger partial charge in [-0.3, -0.25) is 4.79 Å². The van der Waals surface area contributed by atoms with Crippen molar-refractivity contribution < 1.29 is 14.3 Å². The second-order valence-electron chi connectivity index (χ2n) is 7.14. The Labute approximate surface area is 179 Å². The van der Waals surface area contributed by atoms with Gasteiger partial charge in [-0.25, -0.2) is 14.8 Å². The van der Waals surface area contributed by atoms with Crippen LogP contribution in [-0.2, 0) is 9.53 Å². The lowest BCUT2D eigenvalue weighted by atomic mass is 10.2. The van der Waals surface area contributed by atoms with Crippen LogP contribution in [0.3, 0.4) is 0 Å². The average molecular weight is 414 g/mol. The number of rotatable bonds is 6. The summed E-state index contributed by atoms with van der Waals surface area (Å²) in [7, 11) is 0. The molecule has 7 heteroatoms. The Morgan fingerprint density at radius 1 is 1.10 bits per heavy atom. The number of aryl methyl sites for hydroxylation is 1. The van der Waals surface area contributed by atoms with E-state index in [2.05, 4.69) is 20.3 Å². The fourth-order valence-corrected chi connectivity index (χ4v) is 3.20. The molecule has 0 radical (unpaired) electrons. The zero-order valence-electron chi connectivity index (χ0n) is 17.3. The number of ether oxygens (including phenoxy) is 1. The van der Waals surface area contributed by atoms with E-state index < -0.39 is 18.0 Å². The number of anilines is 1. The number of aromatic amines is 1. The van der Waals surface area contributed by atoms with Crippen molar-refractivity contribution in [3.63, 3.8) is 0 Å². The van der Waals surface area contributed by atoms with Crippen molar-refractivity contribution in [2.45, 2.75) is 26.4 Å². The zero-order chi connectivity index (χ0) is 21.8. The molecule has 2 aromatic heterocycles. The maximum atomic E-state index is 12.7. The molecule has 0 aliphatic carbocycles. The lowest BCUT2D eigenvalue weighted by Crippen LogP contribution is -2.32. The number of amides is 1. The van der Waals surface area contributed by atoms with Gasteiger partial charge in [-0.1, -0.05) is 43.3 Å². The number of carbonyl (C=O) groups excluding carboxylic acids is 2. The molecule has 2 N–H and O–H groups in total. The molecule has 1 unspecified atom stereocenters. The highest BCUT2D eigenvalue weighted by Gasteiger charge is 2.23. The molecule has 0 aliphatic rings. The van der Waals surface area contributed by atoms with E-state index in [1.165, 1.54) is 0 Å². The van der Waals surface area contributed by atoms with Gasteiger partial charge in [0.05, 0.1) is 16.6 Å². The van der Waals surface area contributed by atoms with E-state index in [0.29, 0.717) is 17.8 Å². The van der Waals surface area contributed by atoms with Crippen LogP contribution in [0.25, 0.3) is 22.4 Å². The van der Waals surface area contributed by atoms with Gasteiger partial charge in [0.1, 0.15) is 11.6 Å². The summed E-state index contributed by atoms with van der Waals surface area (Å²) >= 11 is 0. The minimum Gasteiger partial charge on any atom is -0.449 e. The van der Waals surface area contributed by atoms with Crippen LogP contribution < -0.4 is 5.32 Å². The van der Waals surface area contributed by atoms with Crippen LogP contribution in [0.5, 0.6) is 0 Å². The van der Waals surface area contributed by atoms with Crippen LogP contribution in [-0.4, -0.2) is 32.9 Å². The van der Waals surface area contributed by atoms with E-state index in [4.69, 9.17) is 4.74 Å². The van der Waals surface area contributed by atoms with E-state index in [0.717, 1.165) is 28.0 Å². The first kappa shape index (κ1) is 20.3. The van der Waals surface area contributed by atoms with Crippen molar-refractivity contribution in [2.75, 3.05) is 5.32 Å². The first-order valence-corrected chi connectivity index (χ1v) is 10.0. The number of hydrogen-bond donors (Lipinski definition) is 2. The Morgan fingerprint density at radius 3 is 2.65 bits per heavy atom. The minimum atomic E-state index is -0.925. The topological polar surface area (TPSA) is 97.0 Å². The average Bonchev–Trinajstić information content (AvgIpc) is 3.23. The molecule has 7 nitrogen and oxygen atoms in total. The summed E-state index contributed by atoms with van der Waals surface area (Å²) in [5, 5.41) is 2.73. The number of carbonyl (C=O) groups is 2. The predicted molar refractivity (Wildman–Crippen MR) is 119 cm³/mol. The van der Waals surface area contributed by atoms with Gasteiger partial charge in [-0.05, 0) is 43.2 Å². The molecule has 4 rings (SSSR count). The second kappa shape index (κ2) is 8.79. The molecule has 0 saturated heterocycles. The summed E-state index contributed by atoms with van der Waals surface area (Å²) in [6.07, 6.45) is 1.01. The number of pyridine rings is 1. The molecule has 2 aromatic carbocycles. The molecule has 0 fully saturated rings. The molecule has 156 valence electrons. The summed E-state index contributed by atoms with van der Waals surface area (Å²) in [5.74, 6) is 0.191. The van der Waals surface area contributed by atoms with Gasteiger partial charge in [0.15, 0.2) is 6.10 Å². The largest absolute Gasteiger partial charge is 0.449 e. The number of imidazole rings is 1. The highest BCUT2D eigenvalue weighted by Crippen LogP contribution is 2.22. The molecule has 0 saturated carbocycles. The van der Waals surface area contributed by atoms with E-state index in [9.17, 15) is 9.59 Å². The number of fused-ring (bicyclic) bond motifs is 1. The van der Waals surface area contributed by atoms with Crippen molar-refractivity contribution in [1.29, 1.82) is 0 Å². The molecular weight excluding hydrogens is 392 g/mol. The van der Waals surface area contributed by atoms with Crippen molar-refractivity contribution in [2.24, 2.45) is 0 Å². The maximum absolute atomic E-state index is 12.7. The van der Waals surface area contributed by atoms with Gasteiger partial charge in [0.25, 0.3) is 5.91 Å². The Balaban J connectivity index is 1.50. The first-order valence-electron chi connectivity index (χ1n) is 10.0. The highest BCUT2D eigenvalue weighted by molar-refractivity contribution is 5.98. The summed E-state index contributed by atoms with van der Waals surface area (Å²) in [6.45, 7) is 3.63. The normalized spacial score (nSPS) is 11.8. The first-order chi connectivity index (χ1) is 15.0. The van der Waals surface area contributed by atoms with E-state index in [-0.39, 0.29) is 0 Å². The highest BCUT2D eigenvalue weighted by atomic mass is 16.5. The van der Waals surface area contributed by atoms with Crippen LogP contribution in [0, 0.1) is 6.92 Å². The third-order valence-corrected chi connectivity index (χ3v) is 4.93. The molecule has 4 aromatic rings. The number of hydrogen-bond acceptors (Lipinski definition) is 5. The molecule has 0 spiro atoms. The SMILES string of the molecule is CCC(OC(=O)c1ccc2nc(-c3ccccc3)[nH]c2c1)C(=O)Nc1ncccc1C. The van der Waals surface area contributed by atoms with Gasteiger partial charge >= 0.3 is 5.97 Å². The molecule has 0 aliphatic heterocycles. The summed E-state index contributed by atoms with van der Waals surface area (Å²) in [5.41, 5.74) is 3.59. The standard InChI is InChI=1S/C24H22N4O3/c1-3-20(23(29)28-21-15(2)8-7-13-25-21)31-24(30)17-11-12-18-19(14-17)27-22(26-18)16-9-5-4-6-10-16/h4-14,20H,3H2,1-2H3,(H,26,27)(H,25,28,29). The predicted octanol–water partition coefficient (Wildman–Crippen LogP) is 4.51. The number of nitrogens with zero attached hydrogens (tertiary/aromatic N) is 2. The number of aromatic nitrogens is 3. The van der Waals surface area contributed by atoms with Crippen LogP contribution in [0.4, 0.5) is 5.82 Å². The number of nitrogens with one attached hydrogen (secondary N) is 2. The maximum Gasteiger partial charge on any atom is 0.338 e. The van der Waals surface area contributed by atoms with Gasteiger partial charge in [0, 0.05) is 11.8 Å². The Morgan fingerprint density at radius 2 is 1.90 bits per heavy atom. The molecule has 1 amide bonds. The Bertz CT molecular complexity index is 1230. The smallest absolute Gasteiger partial charge is 0.338 e. The van der Waals surface area contributed by atoms with E-state index >= 15 is 0 Å². The molecular formula is C24H22N4O3. The minimum absolute atomic E-state index is 0.341. The van der Waals surface area contributed by atoms with Crippen LogP contribution in [0.1, 0.15) is 29.3 Å².